The normalized spacial score (nSPS) is 10.4. The highest BCUT2D eigenvalue weighted by molar-refractivity contribution is 6.30. The largest absolute Gasteiger partial charge is 0.361 e. The fourth-order valence-electron chi connectivity index (χ4n) is 6.13. The number of carbonyl (C=O) groups excluding carboxylic acids is 4. The molecule has 3 aromatic carbocycles. The molecule has 0 bridgehead atoms. The Kier molecular flexibility index (Phi) is 22.0. The van der Waals surface area contributed by atoms with Crippen LogP contribution in [0.15, 0.2) is 73.1 Å². The van der Waals surface area contributed by atoms with Gasteiger partial charge in [0.25, 0.3) is 0 Å². The van der Waals surface area contributed by atoms with Crippen molar-refractivity contribution < 1.29 is 23.9 Å². The van der Waals surface area contributed by atoms with E-state index in [1.54, 1.807) is 25.6 Å². The van der Waals surface area contributed by atoms with Gasteiger partial charge in [0.15, 0.2) is 0 Å². The maximum absolute atomic E-state index is 12.1. The molecule has 0 saturated carbocycles. The standard InChI is InChI=1S/C15H21ClN2O2.C14H16ClN3O.C14H20ClNO2/c1-4-12-7-6-8-13(5-2)15(12)18(14(20)9-16)10-17-11(3)19;1-11-5-3-6-12(2)14(11)18(13(19)9-15)10-17-8-4-7-16-17;1-4-12-8-6-7-11(3)14(12)16(10-18-5-2)13(17)9-15/h6-8H,4-5,9-10H2,1-3H3,(H,17,19);3-8H,9-10H2,1-2H3;6-8H,4-5,9-10H2,1-3H3. The smallest absolute Gasteiger partial charge is 0.243 e. The molecule has 310 valence electrons. The first kappa shape index (κ1) is 48.7. The van der Waals surface area contributed by atoms with E-state index < -0.39 is 0 Å². The van der Waals surface area contributed by atoms with Crippen molar-refractivity contribution in [1.29, 1.82) is 0 Å². The van der Waals surface area contributed by atoms with Crippen LogP contribution in [0.1, 0.15) is 68.0 Å². The second-order valence-electron chi connectivity index (χ2n) is 12.9. The zero-order valence-corrected chi connectivity index (χ0v) is 36.7. The van der Waals surface area contributed by atoms with Crippen LogP contribution in [0.4, 0.5) is 17.1 Å². The highest BCUT2D eigenvalue weighted by atomic mass is 35.5. The molecule has 0 atom stereocenters. The summed E-state index contributed by atoms with van der Waals surface area (Å²) in [4.78, 5) is 52.1. The van der Waals surface area contributed by atoms with E-state index in [4.69, 9.17) is 39.5 Å². The summed E-state index contributed by atoms with van der Waals surface area (Å²) in [5.41, 5.74) is 9.15. The number of nitrogens with zero attached hydrogens (tertiary/aromatic N) is 5. The number of hydrogen-bond acceptors (Lipinski definition) is 6. The Hall–Kier alpha value is -4.42. The van der Waals surface area contributed by atoms with Crippen molar-refractivity contribution in [3.05, 3.63) is 106 Å². The molecular weight excluding hydrogens is 787 g/mol. The van der Waals surface area contributed by atoms with Gasteiger partial charge in [-0.05, 0) is 86.4 Å². The molecular formula is C43H57Cl3N6O5. The van der Waals surface area contributed by atoms with Gasteiger partial charge in [-0.3, -0.25) is 38.6 Å². The fraction of sp³-hybridized carbons (Fsp3) is 0.419. The Labute approximate surface area is 353 Å². The van der Waals surface area contributed by atoms with E-state index in [2.05, 4.69) is 17.3 Å². The monoisotopic (exact) mass is 842 g/mol. The summed E-state index contributed by atoms with van der Waals surface area (Å²) in [5.74, 6) is -0.843. The molecule has 4 aromatic rings. The van der Waals surface area contributed by atoms with Gasteiger partial charge < -0.3 is 10.1 Å². The zero-order chi connectivity index (χ0) is 42.5. The maximum Gasteiger partial charge on any atom is 0.243 e. The summed E-state index contributed by atoms with van der Waals surface area (Å²) in [6.07, 6.45) is 6.01. The Balaban J connectivity index is 0.000000295. The molecule has 1 heterocycles. The van der Waals surface area contributed by atoms with Crippen molar-refractivity contribution in [1.82, 2.24) is 15.1 Å². The predicted octanol–water partition coefficient (Wildman–Crippen LogP) is 8.33. The number of ether oxygens (including phenoxy) is 1. The van der Waals surface area contributed by atoms with E-state index in [1.807, 2.05) is 108 Å². The van der Waals surface area contributed by atoms with Gasteiger partial charge in [0, 0.05) is 25.9 Å². The second kappa shape index (κ2) is 25.8. The molecule has 4 rings (SSSR count). The number of nitrogens with one attached hydrogen (secondary N) is 1. The predicted molar refractivity (Wildman–Crippen MR) is 234 cm³/mol. The summed E-state index contributed by atoms with van der Waals surface area (Å²) in [5, 5.41) is 6.81. The van der Waals surface area contributed by atoms with E-state index in [0.29, 0.717) is 13.3 Å². The number of rotatable bonds is 16. The van der Waals surface area contributed by atoms with Crippen molar-refractivity contribution >= 4 is 75.5 Å². The summed E-state index contributed by atoms with van der Waals surface area (Å²) >= 11 is 17.1. The lowest BCUT2D eigenvalue weighted by Crippen LogP contribution is -2.42. The third-order valence-electron chi connectivity index (χ3n) is 8.92. The van der Waals surface area contributed by atoms with E-state index in [-0.39, 0.29) is 54.7 Å². The van der Waals surface area contributed by atoms with Crippen LogP contribution in [0.3, 0.4) is 0 Å². The van der Waals surface area contributed by atoms with Crippen LogP contribution in [0.25, 0.3) is 0 Å². The summed E-state index contributed by atoms with van der Waals surface area (Å²) in [6.45, 7) is 16.8. The van der Waals surface area contributed by atoms with Gasteiger partial charge in [0.1, 0.15) is 31.0 Å². The topological polar surface area (TPSA) is 117 Å². The van der Waals surface area contributed by atoms with Crippen molar-refractivity contribution in [3.8, 4) is 0 Å². The first-order valence-electron chi connectivity index (χ1n) is 19.0. The van der Waals surface area contributed by atoms with E-state index in [9.17, 15) is 19.2 Å². The number of carbonyl (C=O) groups is 4. The van der Waals surface area contributed by atoms with Crippen LogP contribution >= 0.6 is 34.8 Å². The number of hydrogen-bond donors (Lipinski definition) is 1. The number of alkyl halides is 3. The SMILES string of the molecule is CCOCN(C(=O)CCl)c1c(C)cccc1CC.CCc1cccc(CC)c1N(CNC(C)=O)C(=O)CCl.Cc1cccc(C)c1N(Cn1cccn1)C(=O)CCl. The summed E-state index contributed by atoms with van der Waals surface area (Å²) < 4.78 is 7.08. The molecule has 4 amide bonds. The second-order valence-corrected chi connectivity index (χ2v) is 13.7. The van der Waals surface area contributed by atoms with Gasteiger partial charge >= 0.3 is 0 Å². The Morgan fingerprint density at radius 2 is 1.11 bits per heavy atom. The van der Waals surface area contributed by atoms with Gasteiger partial charge in [0.05, 0.1) is 23.7 Å². The van der Waals surface area contributed by atoms with Crippen LogP contribution in [-0.4, -0.2) is 71.1 Å². The molecule has 14 heteroatoms. The number of aryl methyl sites for hydroxylation is 6. The zero-order valence-electron chi connectivity index (χ0n) is 34.4. The van der Waals surface area contributed by atoms with E-state index >= 15 is 0 Å². The molecule has 0 fully saturated rings. The number of anilines is 3. The molecule has 0 aliphatic rings. The van der Waals surface area contributed by atoms with Crippen molar-refractivity contribution in [2.75, 3.05) is 52.3 Å². The van der Waals surface area contributed by atoms with Crippen LogP contribution in [0.5, 0.6) is 0 Å². The van der Waals surface area contributed by atoms with E-state index in [1.165, 1.54) is 6.92 Å². The van der Waals surface area contributed by atoms with Crippen LogP contribution in [0.2, 0.25) is 0 Å². The van der Waals surface area contributed by atoms with E-state index in [0.717, 1.165) is 69.7 Å². The van der Waals surface area contributed by atoms with Crippen LogP contribution in [0, 0.1) is 20.8 Å². The van der Waals surface area contributed by atoms with Gasteiger partial charge in [-0.15, -0.1) is 34.8 Å². The average molecular weight is 844 g/mol. The van der Waals surface area contributed by atoms with Crippen molar-refractivity contribution in [2.45, 2.75) is 81.3 Å². The van der Waals surface area contributed by atoms with Gasteiger partial charge in [-0.1, -0.05) is 75.4 Å². The number of benzene rings is 3. The number of amides is 4. The van der Waals surface area contributed by atoms with Gasteiger partial charge in [-0.2, -0.15) is 5.10 Å². The average Bonchev–Trinajstić information content (AvgIpc) is 3.74. The van der Waals surface area contributed by atoms with Crippen LogP contribution < -0.4 is 20.0 Å². The molecule has 1 aromatic heterocycles. The molecule has 0 aliphatic carbocycles. The summed E-state index contributed by atoms with van der Waals surface area (Å²) in [7, 11) is 0. The minimum absolute atomic E-state index is 0.0371. The number of aromatic nitrogens is 2. The third kappa shape index (κ3) is 14.5. The lowest BCUT2D eigenvalue weighted by atomic mass is 10.0. The number of para-hydroxylation sites is 3. The summed E-state index contributed by atoms with van der Waals surface area (Å²) in [6, 6.07) is 19.8. The lowest BCUT2D eigenvalue weighted by molar-refractivity contribution is -0.120. The third-order valence-corrected chi connectivity index (χ3v) is 9.60. The fourth-order valence-corrected chi connectivity index (χ4v) is 6.56. The molecule has 0 unspecified atom stereocenters. The Morgan fingerprint density at radius 3 is 1.56 bits per heavy atom. The molecule has 0 saturated heterocycles. The quantitative estimate of drug-likeness (QED) is 0.0896. The molecule has 0 aliphatic heterocycles. The molecule has 0 spiro atoms. The number of halogens is 3. The highest BCUT2D eigenvalue weighted by Crippen LogP contribution is 2.28. The minimum atomic E-state index is -0.212. The van der Waals surface area contributed by atoms with Gasteiger partial charge in [-0.25, -0.2) is 0 Å². The van der Waals surface area contributed by atoms with Crippen molar-refractivity contribution in [3.63, 3.8) is 0 Å². The van der Waals surface area contributed by atoms with Crippen molar-refractivity contribution in [2.24, 2.45) is 0 Å². The minimum Gasteiger partial charge on any atom is -0.361 e. The lowest BCUT2D eigenvalue weighted by Gasteiger charge is -2.27. The molecule has 0 radical (unpaired) electrons. The van der Waals surface area contributed by atoms with Crippen LogP contribution in [-0.2, 0) is 49.8 Å². The highest BCUT2D eigenvalue weighted by Gasteiger charge is 2.22. The first-order valence-corrected chi connectivity index (χ1v) is 20.6. The maximum atomic E-state index is 12.1. The Morgan fingerprint density at radius 1 is 0.649 bits per heavy atom. The van der Waals surface area contributed by atoms with Gasteiger partial charge in [0.2, 0.25) is 23.6 Å². The molecule has 57 heavy (non-hydrogen) atoms. The first-order chi connectivity index (χ1) is 27.3. The Bertz CT molecular complexity index is 1850. The molecule has 11 nitrogen and oxygen atoms in total. The molecule has 1 N–H and O–H groups in total.